The number of rotatable bonds is 5. The van der Waals surface area contributed by atoms with Crippen LogP contribution in [0.1, 0.15) is 19.8 Å². The van der Waals surface area contributed by atoms with Gasteiger partial charge in [0.2, 0.25) is 5.88 Å². The lowest BCUT2D eigenvalue weighted by Crippen LogP contribution is -2.00. The zero-order valence-electron chi connectivity index (χ0n) is 12.0. The fourth-order valence-electron chi connectivity index (χ4n) is 2.26. The third-order valence-electron chi connectivity index (χ3n) is 3.36. The number of ether oxygens (including phenoxy) is 1. The number of hydrogen-bond acceptors (Lipinski definition) is 3. The first-order valence-corrected chi connectivity index (χ1v) is 7.24. The number of aromatic nitrogens is 2. The van der Waals surface area contributed by atoms with E-state index in [1.54, 1.807) is 6.20 Å². The van der Waals surface area contributed by atoms with E-state index in [0.717, 1.165) is 29.5 Å². The number of hydrogen-bond donors (Lipinski definition) is 0. The maximum absolute atomic E-state index is 5.63. The molecular weight excluding hydrogens is 260 g/mol. The van der Waals surface area contributed by atoms with Gasteiger partial charge in [-0.1, -0.05) is 55.8 Å². The molecule has 3 aromatic rings. The van der Waals surface area contributed by atoms with E-state index in [2.05, 4.69) is 41.3 Å². The molecule has 3 heteroatoms. The summed E-state index contributed by atoms with van der Waals surface area (Å²) in [7, 11) is 0. The molecule has 0 unspecified atom stereocenters. The van der Waals surface area contributed by atoms with Crippen LogP contribution in [0.2, 0.25) is 0 Å². The van der Waals surface area contributed by atoms with Crippen LogP contribution in [0.15, 0.2) is 48.7 Å². The Bertz CT molecular complexity index is 735. The summed E-state index contributed by atoms with van der Waals surface area (Å²) >= 11 is 0. The molecule has 2 aromatic carbocycles. The van der Waals surface area contributed by atoms with Crippen molar-refractivity contribution in [1.82, 2.24) is 9.97 Å². The Balaban J connectivity index is 1.97. The second-order valence-corrected chi connectivity index (χ2v) is 4.90. The van der Waals surface area contributed by atoms with Crippen molar-refractivity contribution in [3.8, 4) is 17.1 Å². The van der Waals surface area contributed by atoms with Gasteiger partial charge in [0, 0.05) is 5.56 Å². The third kappa shape index (κ3) is 3.02. The predicted octanol–water partition coefficient (Wildman–Crippen LogP) is 4.28. The molecule has 0 amide bonds. The Kier molecular flexibility index (Phi) is 4.10. The van der Waals surface area contributed by atoms with Crippen LogP contribution in [0.3, 0.4) is 0 Å². The van der Waals surface area contributed by atoms with E-state index in [1.807, 2.05) is 24.3 Å². The fraction of sp³-hybridized carbons (Fsp3) is 0.222. The molecule has 0 aliphatic heterocycles. The minimum atomic E-state index is 0.560. The molecule has 0 saturated heterocycles. The normalized spacial score (nSPS) is 10.7. The highest BCUT2D eigenvalue weighted by Crippen LogP contribution is 2.27. The summed E-state index contributed by atoms with van der Waals surface area (Å²) in [6.45, 7) is 2.81. The third-order valence-corrected chi connectivity index (χ3v) is 3.36. The smallest absolute Gasteiger partial charge is 0.232 e. The Morgan fingerprint density at radius 2 is 1.95 bits per heavy atom. The predicted molar refractivity (Wildman–Crippen MR) is 84.2 cm³/mol. The molecule has 0 N–H and O–H groups in total. The van der Waals surface area contributed by atoms with Crippen LogP contribution in [-0.2, 0) is 0 Å². The van der Waals surface area contributed by atoms with Gasteiger partial charge in [-0.3, -0.25) is 0 Å². The zero-order chi connectivity index (χ0) is 14.5. The topological polar surface area (TPSA) is 35.0 Å². The van der Waals surface area contributed by atoms with Crippen molar-refractivity contribution in [1.29, 1.82) is 0 Å². The van der Waals surface area contributed by atoms with Gasteiger partial charge in [0.05, 0.1) is 12.8 Å². The standard InChI is InChI=1S/C18H17N2O/c1-2-3-11-21-18-13-19-12-17(20-18)16-10-6-8-14-7-4-5-9-15(14)16/h4-10,13H,2-3,11H2,1H3. The highest BCUT2D eigenvalue weighted by Gasteiger charge is 2.07. The molecule has 0 atom stereocenters. The minimum absolute atomic E-state index is 0.560. The Morgan fingerprint density at radius 1 is 1.10 bits per heavy atom. The first kappa shape index (κ1) is 13.6. The molecule has 0 spiro atoms. The summed E-state index contributed by atoms with van der Waals surface area (Å²) < 4.78 is 5.63. The summed E-state index contributed by atoms with van der Waals surface area (Å²) in [6.07, 6.45) is 6.70. The van der Waals surface area contributed by atoms with Gasteiger partial charge in [-0.05, 0) is 17.2 Å². The molecule has 0 aliphatic rings. The molecule has 21 heavy (non-hydrogen) atoms. The van der Waals surface area contributed by atoms with E-state index >= 15 is 0 Å². The largest absolute Gasteiger partial charge is 0.477 e. The van der Waals surface area contributed by atoms with Gasteiger partial charge >= 0.3 is 0 Å². The van der Waals surface area contributed by atoms with Gasteiger partial charge in [0.25, 0.3) is 0 Å². The summed E-state index contributed by atoms with van der Waals surface area (Å²) in [5, 5.41) is 2.33. The van der Waals surface area contributed by atoms with E-state index in [1.165, 1.54) is 5.39 Å². The van der Waals surface area contributed by atoms with Crippen LogP contribution in [0.25, 0.3) is 22.0 Å². The maximum atomic E-state index is 5.63. The van der Waals surface area contributed by atoms with Crippen molar-refractivity contribution in [2.24, 2.45) is 0 Å². The number of unbranched alkanes of at least 4 members (excludes halogenated alkanes) is 1. The second kappa shape index (κ2) is 6.35. The van der Waals surface area contributed by atoms with Crippen LogP contribution >= 0.6 is 0 Å². The van der Waals surface area contributed by atoms with Crippen molar-refractivity contribution < 1.29 is 4.74 Å². The first-order valence-electron chi connectivity index (χ1n) is 7.24. The maximum Gasteiger partial charge on any atom is 0.232 e. The Morgan fingerprint density at radius 3 is 2.86 bits per heavy atom. The molecule has 3 rings (SSSR count). The van der Waals surface area contributed by atoms with E-state index in [-0.39, 0.29) is 0 Å². The molecule has 0 fully saturated rings. The van der Waals surface area contributed by atoms with Gasteiger partial charge in [-0.15, -0.1) is 0 Å². The van der Waals surface area contributed by atoms with E-state index < -0.39 is 0 Å². The lowest BCUT2D eigenvalue weighted by atomic mass is 10.0. The lowest BCUT2D eigenvalue weighted by Gasteiger charge is -2.08. The van der Waals surface area contributed by atoms with Crippen molar-refractivity contribution in [3.63, 3.8) is 0 Å². The highest BCUT2D eigenvalue weighted by atomic mass is 16.5. The zero-order valence-corrected chi connectivity index (χ0v) is 12.0. The fourth-order valence-corrected chi connectivity index (χ4v) is 2.26. The van der Waals surface area contributed by atoms with Crippen LogP contribution < -0.4 is 4.74 Å². The first-order chi connectivity index (χ1) is 10.4. The van der Waals surface area contributed by atoms with Gasteiger partial charge in [0.1, 0.15) is 11.9 Å². The van der Waals surface area contributed by atoms with Gasteiger partial charge in [0.15, 0.2) is 0 Å². The number of nitrogens with zero attached hydrogens (tertiary/aromatic N) is 2. The van der Waals surface area contributed by atoms with Gasteiger partial charge in [-0.25, -0.2) is 9.97 Å². The highest BCUT2D eigenvalue weighted by molar-refractivity contribution is 5.95. The molecule has 0 saturated carbocycles. The summed E-state index contributed by atoms with van der Waals surface area (Å²) in [5.41, 5.74) is 1.75. The average Bonchev–Trinajstić information content (AvgIpc) is 2.55. The Hall–Kier alpha value is -2.42. The van der Waals surface area contributed by atoms with Gasteiger partial charge < -0.3 is 4.74 Å². The quantitative estimate of drug-likeness (QED) is 0.653. The van der Waals surface area contributed by atoms with Crippen molar-refractivity contribution in [2.75, 3.05) is 6.61 Å². The second-order valence-electron chi connectivity index (χ2n) is 4.90. The molecule has 3 nitrogen and oxygen atoms in total. The van der Waals surface area contributed by atoms with E-state index in [9.17, 15) is 0 Å². The van der Waals surface area contributed by atoms with Crippen LogP contribution in [-0.4, -0.2) is 16.6 Å². The SMILES string of the molecule is CCCCOc1cn[c]c(-c2cccc3ccccc23)n1. The molecule has 105 valence electrons. The molecule has 1 heterocycles. The summed E-state index contributed by atoms with van der Waals surface area (Å²) in [4.78, 5) is 8.66. The number of benzene rings is 2. The summed E-state index contributed by atoms with van der Waals surface area (Å²) in [6, 6.07) is 14.4. The van der Waals surface area contributed by atoms with Crippen molar-refractivity contribution in [3.05, 3.63) is 54.9 Å². The minimum Gasteiger partial charge on any atom is -0.477 e. The lowest BCUT2D eigenvalue weighted by molar-refractivity contribution is 0.297. The van der Waals surface area contributed by atoms with Crippen molar-refractivity contribution >= 4 is 10.8 Å². The molecule has 1 aromatic heterocycles. The van der Waals surface area contributed by atoms with E-state index in [0.29, 0.717) is 12.5 Å². The number of fused-ring (bicyclic) bond motifs is 1. The molecule has 1 radical (unpaired) electrons. The summed E-state index contributed by atoms with van der Waals surface area (Å²) in [5.74, 6) is 0.560. The average molecular weight is 277 g/mol. The van der Waals surface area contributed by atoms with Crippen LogP contribution in [0, 0.1) is 6.20 Å². The van der Waals surface area contributed by atoms with Gasteiger partial charge in [-0.2, -0.15) is 0 Å². The molecular formula is C18H17N2O. The Labute approximate surface area is 124 Å². The molecule has 0 bridgehead atoms. The van der Waals surface area contributed by atoms with E-state index in [4.69, 9.17) is 4.74 Å². The monoisotopic (exact) mass is 277 g/mol. The van der Waals surface area contributed by atoms with Crippen LogP contribution in [0.5, 0.6) is 5.88 Å². The van der Waals surface area contributed by atoms with Crippen molar-refractivity contribution in [2.45, 2.75) is 19.8 Å². The van der Waals surface area contributed by atoms with Crippen LogP contribution in [0.4, 0.5) is 0 Å². The molecule has 0 aliphatic carbocycles.